The first-order valence-electron chi connectivity index (χ1n) is 11.2. The molecule has 0 unspecified atom stereocenters. The first-order valence-corrected chi connectivity index (χ1v) is 11.2. The van der Waals surface area contributed by atoms with Gasteiger partial charge in [0, 0.05) is 22.7 Å². The topological polar surface area (TPSA) is 89.8 Å². The van der Waals surface area contributed by atoms with E-state index in [1.54, 1.807) is 30.3 Å². The van der Waals surface area contributed by atoms with Gasteiger partial charge in [-0.1, -0.05) is 24.3 Å². The normalized spacial score (nSPS) is 12.5. The number of methoxy groups -OCH3 is 2. The van der Waals surface area contributed by atoms with E-state index in [2.05, 4.69) is 16.7 Å². The molecule has 0 aliphatic heterocycles. The zero-order valence-electron chi connectivity index (χ0n) is 19.4. The molecule has 0 saturated carbocycles. The fourth-order valence-corrected chi connectivity index (χ4v) is 4.39. The van der Waals surface area contributed by atoms with E-state index in [1.165, 1.54) is 43.1 Å². The number of benzene rings is 3. The molecule has 2 N–H and O–H groups in total. The lowest BCUT2D eigenvalue weighted by Crippen LogP contribution is -2.30. The van der Waals surface area contributed by atoms with E-state index in [0.717, 1.165) is 18.2 Å². The van der Waals surface area contributed by atoms with E-state index in [9.17, 15) is 9.59 Å². The number of carbonyl (C=O) groups excluding carboxylic acids is 2. The number of rotatable bonds is 7. The lowest BCUT2D eigenvalue weighted by atomic mass is 10.0. The average molecular weight is 469 g/mol. The molecular formula is C28H24N2O5. The van der Waals surface area contributed by atoms with E-state index in [0.29, 0.717) is 28.5 Å². The molecule has 35 heavy (non-hydrogen) atoms. The summed E-state index contributed by atoms with van der Waals surface area (Å²) in [6.07, 6.45) is 4.99. The third-order valence-corrected chi connectivity index (χ3v) is 6.09. The summed E-state index contributed by atoms with van der Waals surface area (Å²) in [5.41, 5.74) is 3.60. The summed E-state index contributed by atoms with van der Waals surface area (Å²) < 4.78 is 15.9. The third kappa shape index (κ3) is 4.36. The van der Waals surface area contributed by atoms with Crippen molar-refractivity contribution in [1.29, 1.82) is 0 Å². The molecular weight excluding hydrogens is 444 g/mol. The van der Waals surface area contributed by atoms with Crippen LogP contribution in [0, 0.1) is 0 Å². The van der Waals surface area contributed by atoms with Gasteiger partial charge < -0.3 is 24.5 Å². The van der Waals surface area contributed by atoms with Crippen LogP contribution in [0.25, 0.3) is 16.8 Å². The molecule has 1 aromatic heterocycles. The van der Waals surface area contributed by atoms with Crippen LogP contribution in [-0.4, -0.2) is 26.0 Å². The molecule has 0 spiro atoms. The number of hydrogen-bond acceptors (Lipinski definition) is 5. The molecule has 3 aromatic carbocycles. The monoisotopic (exact) mass is 468 g/mol. The number of hydrogen-bond donors (Lipinski definition) is 2. The standard InChI is InChI=1S/C28H24N2O5/c1-33-24-13-11-19(15-25(24)34-2)27(31)30-23(16-20-6-4-14-35-20)28(32)29-22-12-10-18-9-8-17-5-3-7-21(22)26(17)18/h3-7,10-16H,8-9H2,1-2H3,(H,29,32)(H,30,31)/b23-16-. The predicted molar refractivity (Wildman–Crippen MR) is 134 cm³/mol. The summed E-state index contributed by atoms with van der Waals surface area (Å²) >= 11 is 0. The number of aryl methyl sites for hydroxylation is 2. The minimum atomic E-state index is -0.473. The van der Waals surface area contributed by atoms with Crippen LogP contribution in [0.2, 0.25) is 0 Å². The van der Waals surface area contributed by atoms with Gasteiger partial charge in [0.2, 0.25) is 0 Å². The van der Waals surface area contributed by atoms with Crippen LogP contribution in [0.1, 0.15) is 27.2 Å². The van der Waals surface area contributed by atoms with Crippen molar-refractivity contribution >= 4 is 34.4 Å². The Labute approximate surface area is 202 Å². The van der Waals surface area contributed by atoms with Crippen LogP contribution < -0.4 is 20.1 Å². The van der Waals surface area contributed by atoms with Gasteiger partial charge in [-0.3, -0.25) is 9.59 Å². The molecule has 4 aromatic rings. The van der Waals surface area contributed by atoms with Crippen molar-refractivity contribution in [2.75, 3.05) is 19.5 Å². The van der Waals surface area contributed by atoms with E-state index < -0.39 is 11.8 Å². The van der Waals surface area contributed by atoms with Gasteiger partial charge in [-0.2, -0.15) is 0 Å². The maximum Gasteiger partial charge on any atom is 0.272 e. The van der Waals surface area contributed by atoms with Crippen molar-refractivity contribution in [2.24, 2.45) is 0 Å². The van der Waals surface area contributed by atoms with Crippen molar-refractivity contribution in [3.63, 3.8) is 0 Å². The Morgan fingerprint density at radius 2 is 1.71 bits per heavy atom. The Hall–Kier alpha value is -4.52. The van der Waals surface area contributed by atoms with Crippen molar-refractivity contribution in [1.82, 2.24) is 5.32 Å². The molecule has 0 atom stereocenters. The van der Waals surface area contributed by atoms with E-state index >= 15 is 0 Å². The summed E-state index contributed by atoms with van der Waals surface area (Å²) in [6, 6.07) is 18.3. The highest BCUT2D eigenvalue weighted by molar-refractivity contribution is 6.14. The summed E-state index contributed by atoms with van der Waals surface area (Å²) in [4.78, 5) is 26.4. The Morgan fingerprint density at radius 3 is 2.46 bits per heavy atom. The number of ether oxygens (including phenoxy) is 2. The number of anilines is 1. The first-order chi connectivity index (χ1) is 17.1. The van der Waals surface area contributed by atoms with Crippen molar-refractivity contribution in [3.8, 4) is 11.5 Å². The van der Waals surface area contributed by atoms with Gasteiger partial charge in [-0.15, -0.1) is 0 Å². The number of nitrogens with one attached hydrogen (secondary N) is 2. The number of furan rings is 1. The highest BCUT2D eigenvalue weighted by Gasteiger charge is 2.20. The summed E-state index contributed by atoms with van der Waals surface area (Å²) in [5, 5.41) is 7.86. The molecule has 0 saturated heterocycles. The maximum atomic E-state index is 13.4. The van der Waals surface area contributed by atoms with Crippen LogP contribution in [0.4, 0.5) is 5.69 Å². The van der Waals surface area contributed by atoms with E-state index in [1.807, 2.05) is 24.3 Å². The summed E-state index contributed by atoms with van der Waals surface area (Å²) in [5.74, 6) is 0.408. The van der Waals surface area contributed by atoms with Crippen molar-refractivity contribution in [3.05, 3.63) is 95.1 Å². The van der Waals surface area contributed by atoms with Crippen LogP contribution in [-0.2, 0) is 17.6 Å². The molecule has 0 bridgehead atoms. The molecule has 0 radical (unpaired) electrons. The highest BCUT2D eigenvalue weighted by atomic mass is 16.5. The first kappa shape index (κ1) is 22.3. The molecule has 1 aliphatic rings. The van der Waals surface area contributed by atoms with E-state index in [-0.39, 0.29) is 5.70 Å². The van der Waals surface area contributed by atoms with Crippen molar-refractivity contribution < 1.29 is 23.5 Å². The molecule has 176 valence electrons. The van der Waals surface area contributed by atoms with Crippen LogP contribution in [0.5, 0.6) is 11.5 Å². The van der Waals surface area contributed by atoms with Gasteiger partial charge in [-0.25, -0.2) is 0 Å². The minimum Gasteiger partial charge on any atom is -0.493 e. The van der Waals surface area contributed by atoms with Gasteiger partial charge >= 0.3 is 0 Å². The molecule has 2 amide bonds. The Morgan fingerprint density at radius 1 is 0.914 bits per heavy atom. The fourth-order valence-electron chi connectivity index (χ4n) is 4.39. The van der Waals surface area contributed by atoms with Crippen LogP contribution in [0.3, 0.4) is 0 Å². The Kier molecular flexibility index (Phi) is 5.97. The van der Waals surface area contributed by atoms with Crippen LogP contribution >= 0.6 is 0 Å². The second-order valence-electron chi connectivity index (χ2n) is 8.16. The molecule has 7 nitrogen and oxygen atoms in total. The lowest BCUT2D eigenvalue weighted by Gasteiger charge is -2.14. The zero-order chi connectivity index (χ0) is 24.4. The van der Waals surface area contributed by atoms with Gasteiger partial charge in [0.05, 0.1) is 20.5 Å². The van der Waals surface area contributed by atoms with Crippen LogP contribution in [0.15, 0.2) is 77.0 Å². The molecule has 7 heteroatoms. The highest BCUT2D eigenvalue weighted by Crippen LogP contribution is 2.35. The lowest BCUT2D eigenvalue weighted by molar-refractivity contribution is -0.113. The number of carbonyl (C=O) groups is 2. The molecule has 1 heterocycles. The van der Waals surface area contributed by atoms with Gasteiger partial charge in [-0.05, 0) is 65.8 Å². The molecule has 5 rings (SSSR count). The third-order valence-electron chi connectivity index (χ3n) is 6.09. The molecule has 1 aliphatic carbocycles. The van der Waals surface area contributed by atoms with E-state index in [4.69, 9.17) is 13.9 Å². The largest absolute Gasteiger partial charge is 0.493 e. The summed E-state index contributed by atoms with van der Waals surface area (Å²) in [6.45, 7) is 0. The predicted octanol–water partition coefficient (Wildman–Crippen LogP) is 4.96. The Bertz CT molecular complexity index is 1440. The van der Waals surface area contributed by atoms with Gasteiger partial charge in [0.1, 0.15) is 11.5 Å². The van der Waals surface area contributed by atoms with Gasteiger partial charge in [0.15, 0.2) is 11.5 Å². The Balaban J connectivity index is 1.45. The second kappa shape index (κ2) is 9.38. The smallest absolute Gasteiger partial charge is 0.272 e. The fraction of sp³-hybridized carbons (Fsp3) is 0.143. The number of amides is 2. The quantitative estimate of drug-likeness (QED) is 0.374. The average Bonchev–Trinajstić information content (AvgIpc) is 3.55. The summed E-state index contributed by atoms with van der Waals surface area (Å²) in [7, 11) is 3.01. The van der Waals surface area contributed by atoms with Crippen molar-refractivity contribution in [2.45, 2.75) is 12.8 Å². The molecule has 0 fully saturated rings. The zero-order valence-corrected chi connectivity index (χ0v) is 19.4. The minimum absolute atomic E-state index is 0.0444. The SMILES string of the molecule is COc1ccc(C(=O)N/C(=C\c2ccco2)C(=O)Nc2ccc3c4c(cccc24)CC3)cc1OC. The van der Waals surface area contributed by atoms with Gasteiger partial charge in [0.25, 0.3) is 11.8 Å². The maximum absolute atomic E-state index is 13.4. The second-order valence-corrected chi connectivity index (χ2v) is 8.16.